The maximum atomic E-state index is 3.74. The van der Waals surface area contributed by atoms with E-state index in [0.717, 1.165) is 17.7 Å². The standard InChI is InChI=1S/C15H21NS/c1-11(12-6-4-7-12)16-10-14-9-13-5-2-3-8-15(13)17-14/h2-3,5,8,11-12,14,16H,4,6-7,9-10H2,1H3. The monoisotopic (exact) mass is 247 g/mol. The van der Waals surface area contributed by atoms with E-state index < -0.39 is 0 Å². The molecule has 17 heavy (non-hydrogen) atoms. The molecule has 0 bridgehead atoms. The number of benzene rings is 1. The highest BCUT2D eigenvalue weighted by Gasteiger charge is 2.26. The van der Waals surface area contributed by atoms with Gasteiger partial charge in [-0.15, -0.1) is 11.8 Å². The van der Waals surface area contributed by atoms with Crippen molar-refractivity contribution in [3.63, 3.8) is 0 Å². The van der Waals surface area contributed by atoms with Crippen molar-refractivity contribution in [2.24, 2.45) is 5.92 Å². The number of nitrogens with one attached hydrogen (secondary N) is 1. The Morgan fingerprint density at radius 2 is 2.18 bits per heavy atom. The van der Waals surface area contributed by atoms with Crippen LogP contribution in [0.25, 0.3) is 0 Å². The first-order valence-electron chi connectivity index (χ1n) is 6.81. The summed E-state index contributed by atoms with van der Waals surface area (Å²) in [7, 11) is 0. The summed E-state index contributed by atoms with van der Waals surface area (Å²) in [6.45, 7) is 3.52. The number of rotatable bonds is 4. The molecule has 92 valence electrons. The van der Waals surface area contributed by atoms with Gasteiger partial charge in [-0.05, 0) is 43.7 Å². The molecule has 0 spiro atoms. The Labute approximate surface area is 108 Å². The lowest BCUT2D eigenvalue weighted by Gasteiger charge is -2.32. The van der Waals surface area contributed by atoms with Gasteiger partial charge in [-0.3, -0.25) is 0 Å². The summed E-state index contributed by atoms with van der Waals surface area (Å²) >= 11 is 2.05. The minimum Gasteiger partial charge on any atom is -0.313 e. The molecule has 1 heterocycles. The molecule has 1 fully saturated rings. The first-order valence-corrected chi connectivity index (χ1v) is 7.69. The zero-order valence-corrected chi connectivity index (χ0v) is 11.3. The van der Waals surface area contributed by atoms with Crippen LogP contribution in [-0.2, 0) is 6.42 Å². The van der Waals surface area contributed by atoms with Gasteiger partial charge >= 0.3 is 0 Å². The summed E-state index contributed by atoms with van der Waals surface area (Å²) in [5, 5.41) is 4.49. The maximum Gasteiger partial charge on any atom is 0.0260 e. The summed E-state index contributed by atoms with van der Waals surface area (Å²) in [6.07, 6.45) is 5.56. The molecule has 2 atom stereocenters. The Kier molecular flexibility index (Phi) is 3.44. The molecule has 0 aromatic heterocycles. The minimum absolute atomic E-state index is 0.716. The Balaban J connectivity index is 1.48. The molecule has 1 saturated carbocycles. The zero-order chi connectivity index (χ0) is 11.7. The molecule has 0 amide bonds. The van der Waals surface area contributed by atoms with Gasteiger partial charge in [-0.1, -0.05) is 24.6 Å². The third kappa shape index (κ3) is 2.53. The van der Waals surface area contributed by atoms with E-state index in [1.807, 2.05) is 0 Å². The second kappa shape index (κ2) is 5.03. The number of hydrogen-bond donors (Lipinski definition) is 1. The fourth-order valence-electron chi connectivity index (χ4n) is 2.79. The predicted octanol–water partition coefficient (Wildman–Crippen LogP) is 3.48. The third-order valence-corrected chi connectivity index (χ3v) is 5.56. The lowest BCUT2D eigenvalue weighted by Crippen LogP contribution is -2.40. The largest absolute Gasteiger partial charge is 0.313 e. The van der Waals surface area contributed by atoms with Crippen molar-refractivity contribution in [2.45, 2.75) is 48.8 Å². The maximum absolute atomic E-state index is 3.74. The fraction of sp³-hybridized carbons (Fsp3) is 0.600. The molecule has 2 heteroatoms. The van der Waals surface area contributed by atoms with E-state index in [0.29, 0.717) is 6.04 Å². The fourth-order valence-corrected chi connectivity index (χ4v) is 4.05. The molecular formula is C15H21NS. The van der Waals surface area contributed by atoms with E-state index in [1.165, 1.54) is 30.6 Å². The van der Waals surface area contributed by atoms with Crippen molar-refractivity contribution in [1.82, 2.24) is 5.32 Å². The van der Waals surface area contributed by atoms with Crippen LogP contribution in [0.15, 0.2) is 29.2 Å². The lowest BCUT2D eigenvalue weighted by molar-refractivity contribution is 0.241. The van der Waals surface area contributed by atoms with Crippen LogP contribution in [-0.4, -0.2) is 17.8 Å². The van der Waals surface area contributed by atoms with Crippen LogP contribution < -0.4 is 5.32 Å². The van der Waals surface area contributed by atoms with Crippen molar-refractivity contribution in [3.05, 3.63) is 29.8 Å². The Hall–Kier alpha value is -0.470. The third-order valence-electron chi connectivity index (χ3n) is 4.24. The molecule has 2 unspecified atom stereocenters. The Morgan fingerprint density at radius 3 is 2.88 bits per heavy atom. The van der Waals surface area contributed by atoms with E-state index in [-0.39, 0.29) is 0 Å². The van der Waals surface area contributed by atoms with Gasteiger partial charge in [0.1, 0.15) is 0 Å². The quantitative estimate of drug-likeness (QED) is 0.874. The first-order chi connectivity index (χ1) is 8.33. The van der Waals surface area contributed by atoms with Crippen LogP contribution in [0.4, 0.5) is 0 Å². The van der Waals surface area contributed by atoms with Crippen molar-refractivity contribution in [3.8, 4) is 0 Å². The van der Waals surface area contributed by atoms with Crippen LogP contribution in [0.1, 0.15) is 31.7 Å². The second-order valence-corrected chi connectivity index (χ2v) is 6.78. The normalized spacial score (nSPS) is 25.4. The van der Waals surface area contributed by atoms with E-state index in [1.54, 1.807) is 5.56 Å². The first kappa shape index (κ1) is 11.6. The molecule has 3 rings (SSSR count). The zero-order valence-electron chi connectivity index (χ0n) is 10.5. The highest BCUT2D eigenvalue weighted by Crippen LogP contribution is 2.36. The molecule has 0 radical (unpaired) electrons. The Morgan fingerprint density at radius 1 is 1.35 bits per heavy atom. The molecule has 1 aromatic rings. The highest BCUT2D eigenvalue weighted by atomic mass is 32.2. The van der Waals surface area contributed by atoms with Gasteiger partial charge in [0.15, 0.2) is 0 Å². The summed E-state index contributed by atoms with van der Waals surface area (Å²) in [6, 6.07) is 9.56. The van der Waals surface area contributed by atoms with Crippen LogP contribution >= 0.6 is 11.8 Å². The van der Waals surface area contributed by atoms with Gasteiger partial charge in [0.2, 0.25) is 0 Å². The van der Waals surface area contributed by atoms with E-state index >= 15 is 0 Å². The van der Waals surface area contributed by atoms with Crippen molar-refractivity contribution < 1.29 is 0 Å². The predicted molar refractivity (Wildman–Crippen MR) is 74.6 cm³/mol. The lowest BCUT2D eigenvalue weighted by atomic mass is 9.80. The van der Waals surface area contributed by atoms with E-state index in [4.69, 9.17) is 0 Å². The van der Waals surface area contributed by atoms with Crippen LogP contribution in [0.2, 0.25) is 0 Å². The molecule has 1 aliphatic heterocycles. The molecule has 1 nitrogen and oxygen atoms in total. The van der Waals surface area contributed by atoms with Gasteiger partial charge in [0.05, 0.1) is 0 Å². The SMILES string of the molecule is CC(NCC1Cc2ccccc2S1)C1CCC1. The van der Waals surface area contributed by atoms with Gasteiger partial charge in [-0.25, -0.2) is 0 Å². The molecule has 0 saturated heterocycles. The number of thioether (sulfide) groups is 1. The smallest absolute Gasteiger partial charge is 0.0260 e. The minimum atomic E-state index is 0.716. The summed E-state index contributed by atoms with van der Waals surface area (Å²) in [5.74, 6) is 0.948. The van der Waals surface area contributed by atoms with E-state index in [9.17, 15) is 0 Å². The van der Waals surface area contributed by atoms with Crippen molar-refractivity contribution in [1.29, 1.82) is 0 Å². The van der Waals surface area contributed by atoms with Gasteiger partial charge in [0.25, 0.3) is 0 Å². The van der Waals surface area contributed by atoms with Crippen LogP contribution in [0, 0.1) is 5.92 Å². The second-order valence-electron chi connectivity index (χ2n) is 5.44. The molecular weight excluding hydrogens is 226 g/mol. The van der Waals surface area contributed by atoms with E-state index in [2.05, 4.69) is 48.3 Å². The van der Waals surface area contributed by atoms with Crippen molar-refractivity contribution in [2.75, 3.05) is 6.54 Å². The van der Waals surface area contributed by atoms with Crippen molar-refractivity contribution >= 4 is 11.8 Å². The van der Waals surface area contributed by atoms with Gasteiger partial charge < -0.3 is 5.32 Å². The molecule has 1 aromatic carbocycles. The molecule has 2 aliphatic rings. The molecule has 1 aliphatic carbocycles. The Bertz CT molecular complexity index is 361. The average Bonchev–Trinajstić information content (AvgIpc) is 2.66. The topological polar surface area (TPSA) is 12.0 Å². The number of hydrogen-bond acceptors (Lipinski definition) is 2. The summed E-state index contributed by atoms with van der Waals surface area (Å²) in [5.41, 5.74) is 1.54. The van der Waals surface area contributed by atoms with Crippen LogP contribution in [0.3, 0.4) is 0 Å². The average molecular weight is 247 g/mol. The van der Waals surface area contributed by atoms with Crippen LogP contribution in [0.5, 0.6) is 0 Å². The summed E-state index contributed by atoms with van der Waals surface area (Å²) in [4.78, 5) is 1.50. The number of fused-ring (bicyclic) bond motifs is 1. The highest BCUT2D eigenvalue weighted by molar-refractivity contribution is 8.00. The van der Waals surface area contributed by atoms with Gasteiger partial charge in [0, 0.05) is 22.7 Å². The van der Waals surface area contributed by atoms with Gasteiger partial charge in [-0.2, -0.15) is 0 Å². The molecule has 1 N–H and O–H groups in total. The summed E-state index contributed by atoms with van der Waals surface area (Å²) < 4.78 is 0.